The smallest absolute Gasteiger partial charge is 0.265 e. The number of phenolic OH excluding ortho intramolecular Hbond substituents is 1. The van der Waals surface area contributed by atoms with E-state index in [-0.39, 0.29) is 22.4 Å². The number of amides is 1. The summed E-state index contributed by atoms with van der Waals surface area (Å²) < 4.78 is 19.9. The topological polar surface area (TPSA) is 99.6 Å². The molecule has 3 heterocycles. The van der Waals surface area contributed by atoms with Crippen molar-refractivity contribution in [3.8, 4) is 11.4 Å². The second kappa shape index (κ2) is 8.44. The van der Waals surface area contributed by atoms with E-state index < -0.39 is 17.3 Å². The van der Waals surface area contributed by atoms with Crippen LogP contribution in [0.15, 0.2) is 65.7 Å². The molecule has 1 aliphatic heterocycles. The first kappa shape index (κ1) is 20.8. The summed E-state index contributed by atoms with van der Waals surface area (Å²) in [6, 6.07) is 12.5. The number of aromatic nitrogens is 2. The molecule has 2 aromatic carbocycles. The van der Waals surface area contributed by atoms with Crippen LogP contribution in [0.3, 0.4) is 0 Å². The fourth-order valence-corrected chi connectivity index (χ4v) is 3.98. The molecule has 0 unspecified atom stereocenters. The van der Waals surface area contributed by atoms with Gasteiger partial charge in [0.2, 0.25) is 0 Å². The Morgan fingerprint density at radius 2 is 1.85 bits per heavy atom. The number of pyridine rings is 1. The number of hydrogen-bond acceptors (Lipinski definition) is 5. The Labute approximate surface area is 187 Å². The molecule has 4 aromatic rings. The number of benzene rings is 2. The SMILES string of the molecule is O=C(Nc1ccc(N2CCOCC2)cc1)c1c[nH]c2ccn(-c3ccc(F)cc3O)c(=O)c12. The lowest BCUT2D eigenvalue weighted by Gasteiger charge is -2.28. The monoisotopic (exact) mass is 448 g/mol. The number of anilines is 2. The van der Waals surface area contributed by atoms with E-state index in [0.717, 1.165) is 30.9 Å². The van der Waals surface area contributed by atoms with Gasteiger partial charge in [0.1, 0.15) is 11.6 Å². The van der Waals surface area contributed by atoms with Gasteiger partial charge in [0.15, 0.2) is 0 Å². The Kier molecular flexibility index (Phi) is 5.31. The molecule has 0 atom stereocenters. The first-order valence-electron chi connectivity index (χ1n) is 10.5. The quantitative estimate of drug-likeness (QED) is 0.445. The molecule has 1 aliphatic rings. The first-order chi connectivity index (χ1) is 16.0. The molecule has 5 rings (SSSR count). The number of rotatable bonds is 4. The molecule has 9 heteroatoms. The number of carbonyl (C=O) groups excluding carboxylic acids is 1. The fraction of sp³-hybridized carbons (Fsp3) is 0.167. The number of hydrogen-bond donors (Lipinski definition) is 3. The van der Waals surface area contributed by atoms with Crippen LogP contribution in [0, 0.1) is 5.82 Å². The molecule has 3 N–H and O–H groups in total. The van der Waals surface area contributed by atoms with Gasteiger partial charge in [-0.25, -0.2) is 4.39 Å². The molecular formula is C24H21FN4O4. The molecule has 8 nitrogen and oxygen atoms in total. The van der Waals surface area contributed by atoms with Gasteiger partial charge in [0, 0.05) is 42.9 Å². The highest BCUT2D eigenvalue weighted by atomic mass is 19.1. The molecule has 0 spiro atoms. The highest BCUT2D eigenvalue weighted by Crippen LogP contribution is 2.24. The van der Waals surface area contributed by atoms with E-state index in [2.05, 4.69) is 15.2 Å². The standard InChI is InChI=1S/C24H21FN4O4/c25-15-1-6-20(21(30)13-15)29-8-7-19-22(24(29)32)18(14-26-19)23(31)27-16-2-4-17(5-3-16)28-9-11-33-12-10-28/h1-8,13-14,26,30H,9-12H2,(H,27,31). The summed E-state index contributed by atoms with van der Waals surface area (Å²) in [4.78, 5) is 31.3. The second-order valence-corrected chi connectivity index (χ2v) is 7.72. The molecule has 2 aromatic heterocycles. The molecule has 1 fully saturated rings. The number of halogens is 1. The number of nitrogens with zero attached hydrogens (tertiary/aromatic N) is 2. The number of ether oxygens (including phenoxy) is 1. The van der Waals surface area contributed by atoms with Crippen molar-refractivity contribution >= 4 is 28.2 Å². The minimum Gasteiger partial charge on any atom is -0.506 e. The zero-order valence-electron chi connectivity index (χ0n) is 17.5. The summed E-state index contributed by atoms with van der Waals surface area (Å²) in [7, 11) is 0. The molecule has 33 heavy (non-hydrogen) atoms. The van der Waals surface area contributed by atoms with Crippen molar-refractivity contribution in [2.24, 2.45) is 0 Å². The third-order valence-corrected chi connectivity index (χ3v) is 5.68. The summed E-state index contributed by atoms with van der Waals surface area (Å²) in [5.41, 5.74) is 1.90. The number of morpholine rings is 1. The van der Waals surface area contributed by atoms with Gasteiger partial charge in [-0.3, -0.25) is 14.2 Å². The molecular weight excluding hydrogens is 427 g/mol. The number of carbonyl (C=O) groups is 1. The molecule has 168 valence electrons. The summed E-state index contributed by atoms with van der Waals surface area (Å²) in [6.07, 6.45) is 2.93. The van der Waals surface area contributed by atoms with Crippen molar-refractivity contribution < 1.29 is 19.0 Å². The Balaban J connectivity index is 1.43. The van der Waals surface area contributed by atoms with Gasteiger partial charge in [-0.05, 0) is 42.5 Å². The van der Waals surface area contributed by atoms with Crippen LogP contribution < -0.4 is 15.8 Å². The number of fused-ring (bicyclic) bond motifs is 1. The number of H-pyrrole nitrogens is 1. The minimum atomic E-state index is -0.619. The van der Waals surface area contributed by atoms with Crippen LogP contribution in [-0.4, -0.2) is 46.9 Å². The van der Waals surface area contributed by atoms with E-state index in [4.69, 9.17) is 4.74 Å². The van der Waals surface area contributed by atoms with Crippen molar-refractivity contribution in [2.75, 3.05) is 36.5 Å². The van der Waals surface area contributed by atoms with E-state index in [1.165, 1.54) is 23.0 Å². The molecule has 0 saturated carbocycles. The summed E-state index contributed by atoms with van der Waals surface area (Å²) >= 11 is 0. The van der Waals surface area contributed by atoms with Gasteiger partial charge in [0.05, 0.1) is 35.4 Å². The molecule has 0 bridgehead atoms. The predicted octanol–water partition coefficient (Wildman–Crippen LogP) is 3.25. The van der Waals surface area contributed by atoms with Crippen molar-refractivity contribution in [1.29, 1.82) is 0 Å². The van der Waals surface area contributed by atoms with Crippen molar-refractivity contribution in [3.63, 3.8) is 0 Å². The Hall–Kier alpha value is -4.11. The van der Waals surface area contributed by atoms with Crippen LogP contribution in [-0.2, 0) is 4.74 Å². The average molecular weight is 448 g/mol. The van der Waals surface area contributed by atoms with Crippen molar-refractivity contribution in [1.82, 2.24) is 9.55 Å². The van der Waals surface area contributed by atoms with Gasteiger partial charge in [-0.15, -0.1) is 0 Å². The van der Waals surface area contributed by atoms with E-state index in [1.807, 2.05) is 24.3 Å². The van der Waals surface area contributed by atoms with Crippen molar-refractivity contribution in [2.45, 2.75) is 0 Å². The van der Waals surface area contributed by atoms with Gasteiger partial charge in [-0.1, -0.05) is 0 Å². The highest BCUT2D eigenvalue weighted by Gasteiger charge is 2.18. The Bertz CT molecular complexity index is 1390. The van der Waals surface area contributed by atoms with Gasteiger partial charge in [0.25, 0.3) is 11.5 Å². The van der Waals surface area contributed by atoms with Crippen molar-refractivity contribution in [3.05, 3.63) is 82.7 Å². The molecule has 1 amide bonds. The predicted molar refractivity (Wildman–Crippen MR) is 123 cm³/mol. The maximum Gasteiger partial charge on any atom is 0.265 e. The maximum absolute atomic E-state index is 13.4. The number of nitrogens with one attached hydrogen (secondary N) is 2. The maximum atomic E-state index is 13.4. The number of aromatic amines is 1. The lowest BCUT2D eigenvalue weighted by atomic mass is 10.1. The third-order valence-electron chi connectivity index (χ3n) is 5.68. The largest absolute Gasteiger partial charge is 0.506 e. The summed E-state index contributed by atoms with van der Waals surface area (Å²) in [6.45, 7) is 3.01. The lowest BCUT2D eigenvalue weighted by Crippen LogP contribution is -2.36. The van der Waals surface area contributed by atoms with E-state index in [1.54, 1.807) is 6.07 Å². The van der Waals surface area contributed by atoms with E-state index in [0.29, 0.717) is 24.4 Å². The van der Waals surface area contributed by atoms with Crippen LogP contribution in [0.2, 0.25) is 0 Å². The Morgan fingerprint density at radius 3 is 2.58 bits per heavy atom. The van der Waals surface area contributed by atoms with E-state index >= 15 is 0 Å². The molecule has 1 saturated heterocycles. The zero-order valence-corrected chi connectivity index (χ0v) is 17.5. The normalized spacial score (nSPS) is 13.9. The second-order valence-electron chi connectivity index (χ2n) is 7.72. The van der Waals surface area contributed by atoms with Gasteiger partial charge in [-0.2, -0.15) is 0 Å². The lowest BCUT2D eigenvalue weighted by molar-refractivity contribution is 0.102. The first-order valence-corrected chi connectivity index (χ1v) is 10.5. The summed E-state index contributed by atoms with van der Waals surface area (Å²) in [5, 5.41) is 13.1. The number of aromatic hydroxyl groups is 1. The van der Waals surface area contributed by atoms with Gasteiger partial charge < -0.3 is 25.0 Å². The molecule has 0 aliphatic carbocycles. The van der Waals surface area contributed by atoms with Crippen LogP contribution in [0.4, 0.5) is 15.8 Å². The average Bonchev–Trinajstić information content (AvgIpc) is 3.26. The highest BCUT2D eigenvalue weighted by molar-refractivity contribution is 6.12. The minimum absolute atomic E-state index is 0.120. The third kappa shape index (κ3) is 3.94. The van der Waals surface area contributed by atoms with E-state index in [9.17, 15) is 19.1 Å². The van der Waals surface area contributed by atoms with Crippen LogP contribution in [0.5, 0.6) is 5.75 Å². The van der Waals surface area contributed by atoms with Crippen LogP contribution in [0.25, 0.3) is 16.6 Å². The van der Waals surface area contributed by atoms with Gasteiger partial charge >= 0.3 is 0 Å². The van der Waals surface area contributed by atoms with Crippen LogP contribution in [0.1, 0.15) is 10.4 Å². The Morgan fingerprint density at radius 1 is 1.09 bits per heavy atom. The van der Waals surface area contributed by atoms with Crippen LogP contribution >= 0.6 is 0 Å². The zero-order chi connectivity index (χ0) is 22.9. The summed E-state index contributed by atoms with van der Waals surface area (Å²) in [5.74, 6) is -1.44. The fourth-order valence-electron chi connectivity index (χ4n) is 3.98. The number of phenols is 1. The molecule has 0 radical (unpaired) electrons.